The first-order chi connectivity index (χ1) is 12.4. The maximum absolute atomic E-state index is 12.7. The van der Waals surface area contributed by atoms with Crippen molar-refractivity contribution in [3.05, 3.63) is 34.8 Å². The van der Waals surface area contributed by atoms with Crippen LogP contribution in [0.15, 0.2) is 17.3 Å². The molecule has 1 fully saturated rings. The zero-order valence-electron chi connectivity index (χ0n) is 14.2. The van der Waals surface area contributed by atoms with Crippen LogP contribution in [0.1, 0.15) is 48.2 Å². The van der Waals surface area contributed by atoms with Gasteiger partial charge in [0.1, 0.15) is 0 Å². The van der Waals surface area contributed by atoms with Crippen LogP contribution in [0, 0.1) is 4.78 Å². The molecule has 5 rings (SSSR count). The van der Waals surface area contributed by atoms with E-state index in [0.29, 0.717) is 0 Å². The molecule has 3 aliphatic carbocycles. The Bertz CT molecular complexity index is 1050. The van der Waals surface area contributed by atoms with E-state index in [-0.39, 0.29) is 10.4 Å². The van der Waals surface area contributed by atoms with E-state index in [1.54, 1.807) is 0 Å². The Balaban J connectivity index is 1.53. The summed E-state index contributed by atoms with van der Waals surface area (Å²) in [6.07, 6.45) is 8.76. The zero-order valence-corrected chi connectivity index (χ0v) is 15.1. The molecule has 0 aliphatic heterocycles. The monoisotopic (exact) mass is 372 g/mol. The molecule has 1 spiro atoms. The number of carbonyl (C=O) groups excluding carboxylic acids is 1. The van der Waals surface area contributed by atoms with Crippen LogP contribution in [0.4, 0.5) is 10.5 Å². The molecule has 136 valence electrons. The molecule has 8 nitrogen and oxygen atoms in total. The van der Waals surface area contributed by atoms with Crippen LogP contribution in [-0.4, -0.2) is 25.0 Å². The van der Waals surface area contributed by atoms with Gasteiger partial charge in [-0.25, -0.2) is 18.9 Å². The van der Waals surface area contributed by atoms with Crippen molar-refractivity contribution in [1.29, 1.82) is 4.78 Å². The summed E-state index contributed by atoms with van der Waals surface area (Å²) in [4.78, 5) is 17.7. The van der Waals surface area contributed by atoms with Crippen molar-refractivity contribution in [3.63, 3.8) is 0 Å². The molecular weight excluding hydrogens is 352 g/mol. The highest BCUT2D eigenvalue weighted by atomic mass is 32.2. The fraction of sp³-hybridized carbons (Fsp3) is 0.471. The van der Waals surface area contributed by atoms with Gasteiger partial charge >= 0.3 is 6.03 Å². The number of nitrogens with two attached hydrogens (primary N) is 1. The van der Waals surface area contributed by atoms with E-state index in [9.17, 15) is 9.00 Å². The van der Waals surface area contributed by atoms with Gasteiger partial charge in [-0.15, -0.1) is 0 Å². The molecule has 2 aromatic rings. The summed E-state index contributed by atoms with van der Waals surface area (Å²) in [6.45, 7) is 0. The fourth-order valence-corrected chi connectivity index (χ4v) is 4.80. The lowest BCUT2D eigenvalue weighted by Gasteiger charge is -2.16. The first-order valence-corrected chi connectivity index (χ1v) is 10.5. The average molecular weight is 372 g/mol. The highest BCUT2D eigenvalue weighted by molar-refractivity contribution is 7.90. The van der Waals surface area contributed by atoms with Crippen LogP contribution in [-0.2, 0) is 34.6 Å². The van der Waals surface area contributed by atoms with Crippen molar-refractivity contribution in [2.45, 2.75) is 55.4 Å². The molecule has 3 aliphatic rings. The smallest absolute Gasteiger partial charge is 0.305 e. The number of nitrogens with zero attached hydrogens (tertiary/aromatic N) is 3. The van der Waals surface area contributed by atoms with Gasteiger partial charge in [0.25, 0.3) is 0 Å². The van der Waals surface area contributed by atoms with Crippen molar-refractivity contribution in [2.24, 2.45) is 5.14 Å². The van der Waals surface area contributed by atoms with Gasteiger partial charge in [-0.05, 0) is 62.1 Å². The van der Waals surface area contributed by atoms with Crippen molar-refractivity contribution in [3.8, 4) is 0 Å². The maximum Gasteiger partial charge on any atom is 0.346 e. The van der Waals surface area contributed by atoms with E-state index in [1.807, 2.05) is 0 Å². The number of pyridine rings is 1. The zero-order chi connectivity index (χ0) is 18.1. The van der Waals surface area contributed by atoms with Crippen LogP contribution < -0.4 is 10.5 Å². The number of aryl methyl sites for hydroxylation is 1. The van der Waals surface area contributed by atoms with Crippen molar-refractivity contribution >= 4 is 21.6 Å². The second-order valence-electron chi connectivity index (χ2n) is 7.50. The Morgan fingerprint density at radius 3 is 2.77 bits per heavy atom. The summed E-state index contributed by atoms with van der Waals surface area (Å²) in [5.41, 5.74) is 5.77. The van der Waals surface area contributed by atoms with Gasteiger partial charge in [-0.1, -0.05) is 0 Å². The van der Waals surface area contributed by atoms with Crippen molar-refractivity contribution in [2.75, 3.05) is 5.32 Å². The lowest BCUT2D eigenvalue weighted by atomic mass is 10.0. The Hall–Kier alpha value is -2.26. The molecular formula is C17H20N6O2S. The Kier molecular flexibility index (Phi) is 3.15. The quantitative estimate of drug-likeness (QED) is 0.746. The Morgan fingerprint density at radius 2 is 2.08 bits per heavy atom. The molecule has 1 saturated carbocycles. The fourth-order valence-electron chi connectivity index (χ4n) is 4.32. The van der Waals surface area contributed by atoms with Crippen molar-refractivity contribution < 1.29 is 9.00 Å². The van der Waals surface area contributed by atoms with Gasteiger partial charge in [0, 0.05) is 17.3 Å². The second kappa shape index (κ2) is 5.14. The van der Waals surface area contributed by atoms with E-state index >= 15 is 0 Å². The molecule has 0 saturated heterocycles. The predicted molar refractivity (Wildman–Crippen MR) is 95.5 cm³/mol. The number of amides is 1. The van der Waals surface area contributed by atoms with Crippen LogP contribution in [0.2, 0.25) is 0 Å². The van der Waals surface area contributed by atoms with Gasteiger partial charge in [-0.2, -0.15) is 9.78 Å². The summed E-state index contributed by atoms with van der Waals surface area (Å²) < 4.78 is 20.0. The summed E-state index contributed by atoms with van der Waals surface area (Å²) in [5.74, 6) is 0. The number of anilines is 1. The maximum atomic E-state index is 12.7. The largest absolute Gasteiger partial charge is 0.346 e. The highest BCUT2D eigenvalue weighted by Gasteiger charge is 2.51. The summed E-state index contributed by atoms with van der Waals surface area (Å²) in [6, 6.07) is 0.911. The lowest BCUT2D eigenvalue weighted by molar-refractivity contribution is 0.250. The summed E-state index contributed by atoms with van der Waals surface area (Å²) in [5, 5.41) is 12.1. The van der Waals surface area contributed by atoms with Gasteiger partial charge in [-0.3, -0.25) is 4.98 Å². The summed E-state index contributed by atoms with van der Waals surface area (Å²) in [7, 11) is -3.44. The highest BCUT2D eigenvalue weighted by Crippen LogP contribution is 2.58. The molecule has 2 heterocycles. The van der Waals surface area contributed by atoms with E-state index in [2.05, 4.69) is 10.4 Å². The molecule has 1 unspecified atom stereocenters. The second-order valence-corrected chi connectivity index (χ2v) is 9.12. The SMILES string of the molecule is N=S(N)(=O)c1ccn(C(=O)Nc2c3c(nc4c2CCC42CC2)CCC3)n1. The standard InChI is InChI=1S/C17H20N6O2S/c18-26(19,25)13-5-9-23(22-13)16(24)21-14-10-2-1-3-12(10)20-15-11(14)4-6-17(15)7-8-17/h5,9H,1-4,6-8H2,(H3,18,19,25)(H,20,21,24). The van der Waals surface area contributed by atoms with Crippen LogP contribution in [0.25, 0.3) is 0 Å². The topological polar surface area (TPSA) is 127 Å². The molecule has 1 amide bonds. The Morgan fingerprint density at radius 1 is 1.27 bits per heavy atom. The molecule has 4 N–H and O–H groups in total. The van der Waals surface area contributed by atoms with E-state index < -0.39 is 15.9 Å². The number of nitrogens with one attached hydrogen (secondary N) is 2. The third-order valence-corrected chi connectivity index (χ3v) is 6.69. The van der Waals surface area contributed by atoms with E-state index in [1.165, 1.54) is 36.4 Å². The number of carbonyl (C=O) groups is 1. The number of fused-ring (bicyclic) bond motifs is 3. The predicted octanol–water partition coefficient (Wildman–Crippen LogP) is 2.10. The number of rotatable bonds is 2. The third-order valence-electron chi connectivity index (χ3n) is 5.85. The van der Waals surface area contributed by atoms with Gasteiger partial charge in [0.2, 0.25) is 0 Å². The van der Waals surface area contributed by atoms with Gasteiger partial charge < -0.3 is 5.32 Å². The van der Waals surface area contributed by atoms with Crippen LogP contribution in [0.5, 0.6) is 0 Å². The minimum absolute atomic E-state index is 0.102. The van der Waals surface area contributed by atoms with Gasteiger partial charge in [0.05, 0.1) is 11.4 Å². The average Bonchev–Trinajstić information content (AvgIpc) is 2.96. The van der Waals surface area contributed by atoms with Crippen LogP contribution in [0.3, 0.4) is 0 Å². The number of hydrogen-bond acceptors (Lipinski definition) is 5. The molecule has 9 heteroatoms. The number of aromatic nitrogens is 3. The molecule has 0 bridgehead atoms. The molecule has 0 radical (unpaired) electrons. The first-order valence-electron chi connectivity index (χ1n) is 8.86. The molecule has 2 aromatic heterocycles. The lowest BCUT2D eigenvalue weighted by Crippen LogP contribution is -2.23. The van der Waals surface area contributed by atoms with Crippen molar-refractivity contribution in [1.82, 2.24) is 14.8 Å². The third kappa shape index (κ3) is 2.30. The minimum Gasteiger partial charge on any atom is -0.305 e. The molecule has 1 atom stereocenters. The van der Waals surface area contributed by atoms with Crippen LogP contribution >= 0.6 is 0 Å². The summed E-state index contributed by atoms with van der Waals surface area (Å²) >= 11 is 0. The molecule has 26 heavy (non-hydrogen) atoms. The first kappa shape index (κ1) is 16.0. The van der Waals surface area contributed by atoms with Gasteiger partial charge in [0.15, 0.2) is 14.9 Å². The minimum atomic E-state index is -3.44. The van der Waals surface area contributed by atoms with E-state index in [0.717, 1.165) is 53.7 Å². The Labute approximate surface area is 151 Å². The van der Waals surface area contributed by atoms with E-state index in [4.69, 9.17) is 14.9 Å². The number of hydrogen-bond donors (Lipinski definition) is 3. The normalized spacial score (nSPS) is 21.3. The molecule has 0 aromatic carbocycles.